The van der Waals surface area contributed by atoms with E-state index in [2.05, 4.69) is 16.3 Å². The number of nitriles is 1. The van der Waals surface area contributed by atoms with Gasteiger partial charge in [-0.3, -0.25) is 4.79 Å². The molecule has 2 rings (SSSR count). The average molecular weight is 329 g/mol. The van der Waals surface area contributed by atoms with Crippen LogP contribution in [0.2, 0.25) is 0 Å². The molecular formula is C18H23N3O3. The van der Waals surface area contributed by atoms with Crippen LogP contribution < -0.4 is 5.32 Å². The Hall–Kier alpha value is -2.39. The fraction of sp³-hybridized carbons (Fsp3) is 0.500. The van der Waals surface area contributed by atoms with Crippen molar-refractivity contribution in [3.05, 3.63) is 29.8 Å². The highest BCUT2D eigenvalue weighted by molar-refractivity contribution is 5.94. The van der Waals surface area contributed by atoms with Crippen molar-refractivity contribution in [1.29, 1.82) is 5.26 Å². The lowest BCUT2D eigenvalue weighted by molar-refractivity contribution is -0.121. The van der Waals surface area contributed by atoms with Gasteiger partial charge < -0.3 is 15.0 Å². The summed E-state index contributed by atoms with van der Waals surface area (Å²) in [4.78, 5) is 26.2. The second-order valence-corrected chi connectivity index (χ2v) is 5.83. The molecule has 1 fully saturated rings. The summed E-state index contributed by atoms with van der Waals surface area (Å²) in [5.74, 6) is -0.446. The number of benzene rings is 1. The van der Waals surface area contributed by atoms with Gasteiger partial charge in [0.25, 0.3) is 0 Å². The van der Waals surface area contributed by atoms with Crippen molar-refractivity contribution in [3.8, 4) is 6.07 Å². The summed E-state index contributed by atoms with van der Waals surface area (Å²) in [7, 11) is 0. The standard InChI is InChI=1S/C18H23N3O3/c1-2-24-18(23)14-6-8-16(9-7-14)20-17(22)15-5-3-11-21(13-15)12-4-10-19/h6-9,15H,2-5,11-13H2,1H3,(H,20,22). The first-order chi connectivity index (χ1) is 11.6. The predicted octanol–water partition coefficient (Wildman–Crippen LogP) is 2.43. The number of ether oxygens (including phenoxy) is 1. The van der Waals surface area contributed by atoms with E-state index < -0.39 is 0 Å². The largest absolute Gasteiger partial charge is 0.462 e. The van der Waals surface area contributed by atoms with Gasteiger partial charge in [-0.2, -0.15) is 5.26 Å². The highest BCUT2D eigenvalue weighted by Gasteiger charge is 2.25. The van der Waals surface area contributed by atoms with Crippen LogP contribution in [0.25, 0.3) is 0 Å². The van der Waals surface area contributed by atoms with E-state index in [-0.39, 0.29) is 17.8 Å². The maximum absolute atomic E-state index is 12.4. The third-order valence-electron chi connectivity index (χ3n) is 4.08. The maximum atomic E-state index is 12.4. The molecule has 128 valence electrons. The van der Waals surface area contributed by atoms with Crippen molar-refractivity contribution in [2.24, 2.45) is 5.92 Å². The number of piperidine rings is 1. The number of hydrogen-bond acceptors (Lipinski definition) is 5. The Morgan fingerprint density at radius 2 is 2.12 bits per heavy atom. The third-order valence-corrected chi connectivity index (χ3v) is 4.08. The molecule has 0 aromatic heterocycles. The van der Waals surface area contributed by atoms with E-state index in [1.807, 2.05) is 0 Å². The molecule has 1 aliphatic rings. The van der Waals surface area contributed by atoms with Crippen LogP contribution in [0.5, 0.6) is 0 Å². The van der Waals surface area contributed by atoms with Gasteiger partial charge in [0.05, 0.1) is 24.2 Å². The molecule has 1 atom stereocenters. The lowest BCUT2D eigenvalue weighted by Crippen LogP contribution is -2.41. The summed E-state index contributed by atoms with van der Waals surface area (Å²) in [5.41, 5.74) is 1.14. The number of nitrogens with zero attached hydrogens (tertiary/aromatic N) is 2. The van der Waals surface area contributed by atoms with Gasteiger partial charge in [-0.25, -0.2) is 4.79 Å². The number of esters is 1. The minimum Gasteiger partial charge on any atom is -0.462 e. The van der Waals surface area contributed by atoms with Crippen LogP contribution in [-0.4, -0.2) is 43.0 Å². The van der Waals surface area contributed by atoms with Crippen LogP contribution in [-0.2, 0) is 9.53 Å². The topological polar surface area (TPSA) is 82.4 Å². The van der Waals surface area contributed by atoms with Crippen molar-refractivity contribution >= 4 is 17.6 Å². The highest BCUT2D eigenvalue weighted by atomic mass is 16.5. The molecule has 1 saturated heterocycles. The van der Waals surface area contributed by atoms with E-state index in [1.54, 1.807) is 31.2 Å². The van der Waals surface area contributed by atoms with Crippen molar-refractivity contribution < 1.29 is 14.3 Å². The number of nitrogens with one attached hydrogen (secondary N) is 1. The summed E-state index contributed by atoms with van der Waals surface area (Å²) in [6.07, 6.45) is 2.31. The second kappa shape index (κ2) is 9.04. The van der Waals surface area contributed by atoms with E-state index in [4.69, 9.17) is 10.00 Å². The molecular weight excluding hydrogens is 306 g/mol. The molecule has 1 unspecified atom stereocenters. The zero-order valence-electron chi connectivity index (χ0n) is 14.0. The fourth-order valence-corrected chi connectivity index (χ4v) is 2.83. The summed E-state index contributed by atoms with van der Waals surface area (Å²) < 4.78 is 4.93. The van der Waals surface area contributed by atoms with Gasteiger partial charge in [0.15, 0.2) is 0 Å². The summed E-state index contributed by atoms with van der Waals surface area (Å²) >= 11 is 0. The van der Waals surface area contributed by atoms with E-state index in [0.717, 1.165) is 19.4 Å². The van der Waals surface area contributed by atoms with Gasteiger partial charge in [0, 0.05) is 25.2 Å². The lowest BCUT2D eigenvalue weighted by atomic mass is 9.97. The number of amides is 1. The minimum absolute atomic E-state index is 0.0134. The molecule has 1 aromatic carbocycles. The van der Waals surface area contributed by atoms with E-state index >= 15 is 0 Å². The normalized spacial score (nSPS) is 17.8. The van der Waals surface area contributed by atoms with Crippen molar-refractivity contribution in [3.63, 3.8) is 0 Å². The van der Waals surface area contributed by atoms with Crippen LogP contribution in [0.15, 0.2) is 24.3 Å². The quantitative estimate of drug-likeness (QED) is 0.811. The zero-order chi connectivity index (χ0) is 17.4. The van der Waals surface area contributed by atoms with Gasteiger partial charge in [-0.05, 0) is 50.6 Å². The Bertz CT molecular complexity index is 607. The van der Waals surface area contributed by atoms with Crippen LogP contribution in [0.1, 0.15) is 36.5 Å². The molecule has 0 aliphatic carbocycles. The molecule has 1 aliphatic heterocycles. The minimum atomic E-state index is -0.365. The Labute approximate surface area is 142 Å². The summed E-state index contributed by atoms with van der Waals surface area (Å²) in [6, 6.07) is 8.85. The lowest BCUT2D eigenvalue weighted by Gasteiger charge is -2.31. The fourth-order valence-electron chi connectivity index (χ4n) is 2.83. The monoisotopic (exact) mass is 329 g/mol. The third kappa shape index (κ3) is 5.07. The number of anilines is 1. The van der Waals surface area contributed by atoms with Crippen LogP contribution in [0.4, 0.5) is 5.69 Å². The molecule has 0 saturated carbocycles. The van der Waals surface area contributed by atoms with Gasteiger partial charge in [-0.15, -0.1) is 0 Å². The molecule has 1 heterocycles. The summed E-state index contributed by atoms with van der Waals surface area (Å²) in [6.45, 7) is 4.44. The highest BCUT2D eigenvalue weighted by Crippen LogP contribution is 2.19. The van der Waals surface area contributed by atoms with Crippen molar-refractivity contribution in [1.82, 2.24) is 4.90 Å². The number of carbonyl (C=O) groups is 2. The van der Waals surface area contributed by atoms with E-state index in [0.29, 0.717) is 37.4 Å². The smallest absolute Gasteiger partial charge is 0.338 e. The SMILES string of the molecule is CCOC(=O)c1ccc(NC(=O)C2CCCN(CCC#N)C2)cc1. The molecule has 1 amide bonds. The maximum Gasteiger partial charge on any atom is 0.338 e. The Balaban J connectivity index is 1.89. The van der Waals surface area contributed by atoms with Gasteiger partial charge in [-0.1, -0.05) is 0 Å². The first-order valence-corrected chi connectivity index (χ1v) is 8.31. The van der Waals surface area contributed by atoms with Crippen LogP contribution in [0.3, 0.4) is 0 Å². The summed E-state index contributed by atoms with van der Waals surface area (Å²) in [5, 5.41) is 11.6. The molecule has 0 radical (unpaired) electrons. The number of rotatable bonds is 6. The first-order valence-electron chi connectivity index (χ1n) is 8.31. The molecule has 24 heavy (non-hydrogen) atoms. The van der Waals surface area contributed by atoms with Crippen molar-refractivity contribution in [2.75, 3.05) is 31.6 Å². The first kappa shape index (κ1) is 18.0. The van der Waals surface area contributed by atoms with E-state index in [9.17, 15) is 9.59 Å². The van der Waals surface area contributed by atoms with Crippen LogP contribution in [0, 0.1) is 17.2 Å². The number of likely N-dealkylation sites (tertiary alicyclic amines) is 1. The molecule has 6 heteroatoms. The van der Waals surface area contributed by atoms with Gasteiger partial charge in [0.1, 0.15) is 0 Å². The van der Waals surface area contributed by atoms with Crippen LogP contribution >= 0.6 is 0 Å². The Morgan fingerprint density at radius 3 is 2.79 bits per heavy atom. The molecule has 0 bridgehead atoms. The second-order valence-electron chi connectivity index (χ2n) is 5.83. The number of carbonyl (C=O) groups excluding carboxylic acids is 2. The Morgan fingerprint density at radius 1 is 1.38 bits per heavy atom. The van der Waals surface area contributed by atoms with Crippen molar-refractivity contribution in [2.45, 2.75) is 26.2 Å². The molecule has 0 spiro atoms. The van der Waals surface area contributed by atoms with E-state index in [1.165, 1.54) is 0 Å². The van der Waals surface area contributed by atoms with Gasteiger partial charge in [0.2, 0.25) is 5.91 Å². The zero-order valence-corrected chi connectivity index (χ0v) is 14.0. The molecule has 1 aromatic rings. The van der Waals surface area contributed by atoms with Gasteiger partial charge >= 0.3 is 5.97 Å². The molecule has 6 nitrogen and oxygen atoms in total. The average Bonchev–Trinajstić information content (AvgIpc) is 2.61. The predicted molar refractivity (Wildman–Crippen MR) is 90.4 cm³/mol. The number of hydrogen-bond donors (Lipinski definition) is 1. The molecule has 1 N–H and O–H groups in total. The Kier molecular flexibility index (Phi) is 6.76.